The minimum atomic E-state index is -0.0708. The Balaban J connectivity index is 1.37. The average molecular weight is 467 g/mol. The van der Waals surface area contributed by atoms with Gasteiger partial charge in [0, 0.05) is 31.7 Å². The van der Waals surface area contributed by atoms with Gasteiger partial charge in [-0.25, -0.2) is 0 Å². The van der Waals surface area contributed by atoms with E-state index in [9.17, 15) is 9.59 Å². The highest BCUT2D eigenvalue weighted by molar-refractivity contribution is 5.96. The van der Waals surface area contributed by atoms with Crippen LogP contribution >= 0.6 is 0 Å². The fourth-order valence-corrected chi connectivity index (χ4v) is 5.36. The number of amides is 2. The van der Waals surface area contributed by atoms with Gasteiger partial charge in [-0.2, -0.15) is 5.10 Å². The normalized spacial score (nSPS) is 19.2. The van der Waals surface area contributed by atoms with Crippen molar-refractivity contribution in [1.82, 2.24) is 20.4 Å². The van der Waals surface area contributed by atoms with Gasteiger partial charge < -0.3 is 15.0 Å². The molecular formula is C27H38N4O3. The number of aromatic amines is 1. The van der Waals surface area contributed by atoms with Crippen LogP contribution in [-0.2, 0) is 11.2 Å². The molecule has 0 bridgehead atoms. The van der Waals surface area contributed by atoms with Gasteiger partial charge in [-0.1, -0.05) is 31.4 Å². The number of aryl methyl sites for hydroxylation is 2. The van der Waals surface area contributed by atoms with Crippen LogP contribution in [-0.4, -0.2) is 53.2 Å². The summed E-state index contributed by atoms with van der Waals surface area (Å²) < 4.78 is 5.90. The number of nitrogens with zero attached hydrogens (tertiary/aromatic N) is 2. The van der Waals surface area contributed by atoms with Crippen molar-refractivity contribution in [2.45, 2.75) is 71.6 Å². The molecule has 34 heavy (non-hydrogen) atoms. The first-order valence-corrected chi connectivity index (χ1v) is 12.8. The van der Waals surface area contributed by atoms with Crippen LogP contribution in [0.2, 0.25) is 0 Å². The minimum Gasteiger partial charge on any atom is -0.493 e. The van der Waals surface area contributed by atoms with Crippen LogP contribution in [0.5, 0.6) is 5.75 Å². The number of para-hydroxylation sites is 1. The number of rotatable bonds is 3. The molecule has 3 heterocycles. The predicted molar refractivity (Wildman–Crippen MR) is 132 cm³/mol. The molecule has 4 rings (SSSR count). The molecular weight excluding hydrogens is 428 g/mol. The van der Waals surface area contributed by atoms with Gasteiger partial charge in [0.25, 0.3) is 5.91 Å². The standard InChI is InChI=1S/C27H38N4O3/c1-20-22(21(2)30-29-20)11-12-25(32)31-16-14-27(15-17-31)13-7-3-4-8-18-34-24-10-6-5-9-23(24)26(33)28-19-27/h5-6,9-10H,3-4,7-8,11-19H2,1-2H3,(H,28,33)(H,29,30). The Hall–Kier alpha value is -2.83. The number of piperidine rings is 1. The van der Waals surface area contributed by atoms with E-state index >= 15 is 0 Å². The van der Waals surface area contributed by atoms with E-state index in [2.05, 4.69) is 15.5 Å². The maximum atomic E-state index is 13.0. The van der Waals surface area contributed by atoms with E-state index in [0.29, 0.717) is 30.9 Å². The third-order valence-corrected chi connectivity index (χ3v) is 7.66. The molecule has 0 radical (unpaired) electrons. The topological polar surface area (TPSA) is 87.3 Å². The number of likely N-dealkylation sites (tertiary alicyclic amines) is 1. The van der Waals surface area contributed by atoms with Crippen LogP contribution in [0.4, 0.5) is 0 Å². The van der Waals surface area contributed by atoms with Gasteiger partial charge in [0.1, 0.15) is 5.75 Å². The summed E-state index contributed by atoms with van der Waals surface area (Å²) in [7, 11) is 0. The molecule has 7 nitrogen and oxygen atoms in total. The molecule has 184 valence electrons. The van der Waals surface area contributed by atoms with Crippen molar-refractivity contribution in [2.75, 3.05) is 26.2 Å². The molecule has 2 aromatic rings. The van der Waals surface area contributed by atoms with E-state index in [0.717, 1.165) is 75.0 Å². The number of nitrogens with one attached hydrogen (secondary N) is 2. The third-order valence-electron chi connectivity index (χ3n) is 7.66. The number of hydrogen-bond donors (Lipinski definition) is 2. The minimum absolute atomic E-state index is 0.0496. The van der Waals surface area contributed by atoms with Gasteiger partial charge in [0.15, 0.2) is 0 Å². The van der Waals surface area contributed by atoms with E-state index in [1.807, 2.05) is 43.0 Å². The zero-order valence-electron chi connectivity index (χ0n) is 20.6. The summed E-state index contributed by atoms with van der Waals surface area (Å²) >= 11 is 0. The van der Waals surface area contributed by atoms with Gasteiger partial charge in [-0.3, -0.25) is 14.7 Å². The molecule has 1 aromatic carbocycles. The van der Waals surface area contributed by atoms with Crippen LogP contribution in [0.3, 0.4) is 0 Å². The fourth-order valence-electron chi connectivity index (χ4n) is 5.36. The van der Waals surface area contributed by atoms with Gasteiger partial charge >= 0.3 is 0 Å². The maximum Gasteiger partial charge on any atom is 0.255 e. The lowest BCUT2D eigenvalue weighted by molar-refractivity contribution is -0.133. The number of fused-ring (bicyclic) bond motifs is 1. The Kier molecular flexibility index (Phi) is 7.91. The molecule has 2 N–H and O–H groups in total. The number of ether oxygens (including phenoxy) is 1. The number of carbonyl (C=O) groups is 2. The molecule has 0 atom stereocenters. The van der Waals surface area contributed by atoms with Crippen LogP contribution in [0.25, 0.3) is 0 Å². The third kappa shape index (κ3) is 5.80. The van der Waals surface area contributed by atoms with Crippen molar-refractivity contribution in [2.24, 2.45) is 5.41 Å². The number of hydrogen-bond acceptors (Lipinski definition) is 4. The van der Waals surface area contributed by atoms with Crippen molar-refractivity contribution >= 4 is 11.8 Å². The Morgan fingerprint density at radius 2 is 1.85 bits per heavy atom. The molecule has 0 unspecified atom stereocenters. The smallest absolute Gasteiger partial charge is 0.255 e. The summed E-state index contributed by atoms with van der Waals surface area (Å²) in [6.07, 6.45) is 8.65. The lowest BCUT2D eigenvalue weighted by Crippen LogP contribution is -2.48. The van der Waals surface area contributed by atoms with E-state index in [4.69, 9.17) is 4.74 Å². The molecule has 7 heteroatoms. The summed E-state index contributed by atoms with van der Waals surface area (Å²) in [4.78, 5) is 27.9. The highest BCUT2D eigenvalue weighted by atomic mass is 16.5. The Morgan fingerprint density at radius 1 is 1.09 bits per heavy atom. The largest absolute Gasteiger partial charge is 0.493 e. The van der Waals surface area contributed by atoms with Crippen LogP contribution in [0, 0.1) is 19.3 Å². The molecule has 1 fully saturated rings. The first-order chi connectivity index (χ1) is 16.5. The molecule has 1 spiro atoms. The van der Waals surface area contributed by atoms with E-state index in [1.54, 1.807) is 0 Å². The van der Waals surface area contributed by atoms with Crippen molar-refractivity contribution in [3.63, 3.8) is 0 Å². The molecule has 2 aliphatic heterocycles. The van der Waals surface area contributed by atoms with Crippen molar-refractivity contribution in [3.05, 3.63) is 46.8 Å². The molecule has 0 aliphatic carbocycles. The van der Waals surface area contributed by atoms with Gasteiger partial charge in [0.2, 0.25) is 5.91 Å². The second kappa shape index (κ2) is 11.1. The monoisotopic (exact) mass is 466 g/mol. The van der Waals surface area contributed by atoms with Crippen LogP contribution < -0.4 is 10.1 Å². The zero-order valence-corrected chi connectivity index (χ0v) is 20.6. The zero-order chi connectivity index (χ0) is 24.0. The van der Waals surface area contributed by atoms with Crippen molar-refractivity contribution < 1.29 is 14.3 Å². The Labute approximate surface area is 202 Å². The van der Waals surface area contributed by atoms with Gasteiger partial charge in [-0.15, -0.1) is 0 Å². The first-order valence-electron chi connectivity index (χ1n) is 12.8. The van der Waals surface area contributed by atoms with E-state index < -0.39 is 0 Å². The van der Waals surface area contributed by atoms with Crippen molar-refractivity contribution in [3.8, 4) is 5.75 Å². The second-order valence-corrected chi connectivity index (χ2v) is 9.98. The van der Waals surface area contributed by atoms with E-state index in [-0.39, 0.29) is 17.2 Å². The van der Waals surface area contributed by atoms with Crippen LogP contribution in [0.15, 0.2) is 24.3 Å². The Morgan fingerprint density at radius 3 is 2.62 bits per heavy atom. The van der Waals surface area contributed by atoms with Crippen LogP contribution in [0.1, 0.15) is 78.7 Å². The predicted octanol–water partition coefficient (Wildman–Crippen LogP) is 4.34. The van der Waals surface area contributed by atoms with Gasteiger partial charge in [-0.05, 0) is 69.1 Å². The highest BCUT2D eigenvalue weighted by Gasteiger charge is 2.36. The Bertz CT molecular complexity index is 972. The first kappa shape index (κ1) is 24.3. The molecule has 1 saturated heterocycles. The van der Waals surface area contributed by atoms with E-state index in [1.165, 1.54) is 6.42 Å². The number of benzene rings is 1. The molecule has 1 aromatic heterocycles. The summed E-state index contributed by atoms with van der Waals surface area (Å²) in [5, 5.41) is 10.5. The number of H-pyrrole nitrogens is 1. The summed E-state index contributed by atoms with van der Waals surface area (Å²) in [5.41, 5.74) is 3.84. The lowest BCUT2D eigenvalue weighted by Gasteiger charge is -2.42. The SMILES string of the molecule is Cc1n[nH]c(C)c1CCC(=O)N1CCC2(CCCCCCOc3ccccc3C(=O)NC2)CC1. The van der Waals surface area contributed by atoms with Gasteiger partial charge in [0.05, 0.1) is 17.9 Å². The average Bonchev–Trinajstić information content (AvgIpc) is 3.18. The highest BCUT2D eigenvalue weighted by Crippen LogP contribution is 2.37. The quantitative estimate of drug-likeness (QED) is 0.704. The maximum absolute atomic E-state index is 13.0. The molecule has 2 aliphatic rings. The summed E-state index contributed by atoms with van der Waals surface area (Å²) in [6, 6.07) is 7.50. The number of carbonyl (C=O) groups excluding carboxylic acids is 2. The van der Waals surface area contributed by atoms with Crippen molar-refractivity contribution in [1.29, 1.82) is 0 Å². The molecule has 0 saturated carbocycles. The lowest BCUT2D eigenvalue weighted by atomic mass is 9.74. The summed E-state index contributed by atoms with van der Waals surface area (Å²) in [6.45, 7) is 6.81. The fraction of sp³-hybridized carbons (Fsp3) is 0.593. The summed E-state index contributed by atoms with van der Waals surface area (Å²) in [5.74, 6) is 0.810. The second-order valence-electron chi connectivity index (χ2n) is 9.98. The molecule has 2 amide bonds. The number of aromatic nitrogens is 2.